The summed E-state index contributed by atoms with van der Waals surface area (Å²) in [5.74, 6) is 0.372. The summed E-state index contributed by atoms with van der Waals surface area (Å²) < 4.78 is 0. The molecule has 52 valence electrons. The summed E-state index contributed by atoms with van der Waals surface area (Å²) in [5, 5.41) is 0. The molecule has 0 N–H and O–H groups in total. The van der Waals surface area contributed by atoms with Crippen molar-refractivity contribution >= 4 is 17.4 Å². The van der Waals surface area contributed by atoms with Gasteiger partial charge in [-0.2, -0.15) is 0 Å². The smallest absolute Gasteiger partial charge is 0.135 e. The zero-order valence-electron chi connectivity index (χ0n) is 5.27. The van der Waals surface area contributed by atoms with E-state index in [1.807, 2.05) is 0 Å². The Morgan fingerprint density at radius 3 is 2.44 bits per heavy atom. The van der Waals surface area contributed by atoms with E-state index < -0.39 is 0 Å². The van der Waals surface area contributed by atoms with Crippen molar-refractivity contribution in [3.05, 3.63) is 0 Å². The largest absolute Gasteiger partial charge is 0.300 e. The van der Waals surface area contributed by atoms with Crippen LogP contribution in [-0.4, -0.2) is 29.8 Å². The summed E-state index contributed by atoms with van der Waals surface area (Å²) in [6.45, 7) is 1.70. The lowest BCUT2D eigenvalue weighted by molar-refractivity contribution is -0.121. The monoisotopic (exact) mass is 147 g/mol. The molecule has 0 radical (unpaired) electrons. The molecule has 0 atom stereocenters. The first-order valence-electron chi connectivity index (χ1n) is 3.13. The third-order valence-corrected chi connectivity index (χ3v) is 1.92. The number of hydrogen-bond donors (Lipinski definition) is 0. The normalized spacial score (nSPS) is 22.6. The predicted octanol–water partition coefficient (Wildman–Crippen LogP) is 0.848. The number of hydrogen-bond acceptors (Lipinski definition) is 2. The molecule has 0 spiro atoms. The van der Waals surface area contributed by atoms with Crippen LogP contribution in [0.3, 0.4) is 0 Å². The van der Waals surface area contributed by atoms with Crippen molar-refractivity contribution in [1.29, 1.82) is 0 Å². The minimum Gasteiger partial charge on any atom is -0.300 e. The van der Waals surface area contributed by atoms with E-state index in [0.717, 1.165) is 13.1 Å². The average Bonchev–Trinajstić information content (AvgIpc) is 1.90. The molecule has 0 bridgehead atoms. The molecular weight excluding hydrogens is 138 g/mol. The zero-order valence-corrected chi connectivity index (χ0v) is 6.02. The SMILES string of the molecule is O=C1CCN(CCl)CC1. The summed E-state index contributed by atoms with van der Waals surface area (Å²) in [5.41, 5.74) is 0. The number of carbonyl (C=O) groups is 1. The van der Waals surface area contributed by atoms with Gasteiger partial charge >= 0.3 is 0 Å². The summed E-state index contributed by atoms with van der Waals surface area (Å²) in [6, 6.07) is 0.563. The lowest BCUT2D eigenvalue weighted by atomic mass is 10.1. The number of likely N-dealkylation sites (tertiary alicyclic amines) is 1. The van der Waals surface area contributed by atoms with E-state index in [1.165, 1.54) is 0 Å². The quantitative estimate of drug-likeness (QED) is 0.405. The van der Waals surface area contributed by atoms with Crippen LogP contribution in [0.2, 0.25) is 0 Å². The van der Waals surface area contributed by atoms with E-state index in [-0.39, 0.29) is 0 Å². The molecule has 0 aromatic heterocycles. The molecular formula is C6H10ClNO. The van der Waals surface area contributed by atoms with Crippen molar-refractivity contribution in [2.75, 3.05) is 19.1 Å². The van der Waals surface area contributed by atoms with Crippen LogP contribution < -0.4 is 0 Å². The maximum absolute atomic E-state index is 10.7. The molecule has 2 nitrogen and oxygen atoms in total. The maximum atomic E-state index is 10.7. The van der Waals surface area contributed by atoms with Gasteiger partial charge in [0.05, 0.1) is 6.00 Å². The third kappa shape index (κ3) is 1.95. The Kier molecular flexibility index (Phi) is 2.49. The number of nitrogens with zero attached hydrogens (tertiary/aromatic N) is 1. The fourth-order valence-corrected chi connectivity index (χ4v) is 1.16. The van der Waals surface area contributed by atoms with Gasteiger partial charge in [0.15, 0.2) is 0 Å². The Balaban J connectivity index is 2.26. The third-order valence-electron chi connectivity index (χ3n) is 1.58. The number of carbonyl (C=O) groups excluding carboxylic acids is 1. The lowest BCUT2D eigenvalue weighted by Gasteiger charge is -2.22. The van der Waals surface area contributed by atoms with Crippen molar-refractivity contribution in [2.45, 2.75) is 12.8 Å². The van der Waals surface area contributed by atoms with Crippen molar-refractivity contribution in [2.24, 2.45) is 0 Å². The fourth-order valence-electron chi connectivity index (χ4n) is 0.922. The van der Waals surface area contributed by atoms with E-state index in [4.69, 9.17) is 11.6 Å². The molecule has 1 heterocycles. The van der Waals surface area contributed by atoms with E-state index in [2.05, 4.69) is 4.90 Å². The van der Waals surface area contributed by atoms with Crippen LogP contribution in [0.25, 0.3) is 0 Å². The number of ketones is 1. The highest BCUT2D eigenvalue weighted by Gasteiger charge is 2.13. The van der Waals surface area contributed by atoms with Crippen LogP contribution in [0, 0.1) is 0 Å². The first-order valence-corrected chi connectivity index (χ1v) is 3.66. The van der Waals surface area contributed by atoms with E-state index in [9.17, 15) is 4.79 Å². The van der Waals surface area contributed by atoms with Gasteiger partial charge in [-0.25, -0.2) is 0 Å². The maximum Gasteiger partial charge on any atom is 0.135 e. The van der Waals surface area contributed by atoms with Gasteiger partial charge in [0.2, 0.25) is 0 Å². The minimum atomic E-state index is 0.372. The molecule has 1 aliphatic rings. The molecule has 1 saturated heterocycles. The van der Waals surface area contributed by atoms with Crippen molar-refractivity contribution in [3.8, 4) is 0 Å². The summed E-state index contributed by atoms with van der Waals surface area (Å²) in [7, 11) is 0. The summed E-state index contributed by atoms with van der Waals surface area (Å²) in [6.07, 6.45) is 1.37. The summed E-state index contributed by atoms with van der Waals surface area (Å²) in [4.78, 5) is 12.7. The fraction of sp³-hybridized carbons (Fsp3) is 0.833. The standard InChI is InChI=1S/C6H10ClNO/c7-5-8-3-1-6(9)2-4-8/h1-5H2. The Bertz CT molecular complexity index is 106. The molecule has 9 heavy (non-hydrogen) atoms. The Labute approximate surface area is 59.8 Å². The van der Waals surface area contributed by atoms with Gasteiger partial charge in [-0.05, 0) is 0 Å². The van der Waals surface area contributed by atoms with Gasteiger partial charge in [-0.15, -0.1) is 11.6 Å². The second-order valence-electron chi connectivity index (χ2n) is 2.28. The van der Waals surface area contributed by atoms with E-state index in [1.54, 1.807) is 0 Å². The second-order valence-corrected chi connectivity index (χ2v) is 2.52. The van der Waals surface area contributed by atoms with Crippen LogP contribution in [0.4, 0.5) is 0 Å². The van der Waals surface area contributed by atoms with Crippen molar-refractivity contribution in [1.82, 2.24) is 4.90 Å². The van der Waals surface area contributed by atoms with Crippen molar-refractivity contribution < 1.29 is 4.79 Å². The average molecular weight is 148 g/mol. The Morgan fingerprint density at radius 2 is 2.00 bits per heavy atom. The molecule has 0 amide bonds. The zero-order chi connectivity index (χ0) is 6.69. The first kappa shape index (κ1) is 7.03. The van der Waals surface area contributed by atoms with Crippen LogP contribution >= 0.6 is 11.6 Å². The molecule has 3 heteroatoms. The predicted molar refractivity (Wildman–Crippen MR) is 36.5 cm³/mol. The molecule has 0 aliphatic carbocycles. The number of alkyl halides is 1. The topological polar surface area (TPSA) is 20.3 Å². The highest BCUT2D eigenvalue weighted by atomic mass is 35.5. The molecule has 1 rings (SSSR count). The van der Waals surface area contributed by atoms with Crippen LogP contribution in [0.5, 0.6) is 0 Å². The Morgan fingerprint density at radius 1 is 1.44 bits per heavy atom. The van der Waals surface area contributed by atoms with Gasteiger partial charge in [0.1, 0.15) is 5.78 Å². The molecule has 1 fully saturated rings. The van der Waals surface area contributed by atoms with Gasteiger partial charge < -0.3 is 0 Å². The number of Topliss-reactive ketones (excluding diaryl/α,β-unsaturated/α-hetero) is 1. The summed E-state index contributed by atoms with van der Waals surface area (Å²) >= 11 is 5.54. The van der Waals surface area contributed by atoms with Crippen LogP contribution in [0.1, 0.15) is 12.8 Å². The number of piperidine rings is 1. The first-order chi connectivity index (χ1) is 4.33. The molecule has 0 unspecified atom stereocenters. The molecule has 0 saturated carbocycles. The highest BCUT2D eigenvalue weighted by molar-refractivity contribution is 6.17. The van der Waals surface area contributed by atoms with Gasteiger partial charge in [0, 0.05) is 25.9 Å². The van der Waals surface area contributed by atoms with E-state index in [0.29, 0.717) is 24.6 Å². The number of halogens is 1. The van der Waals surface area contributed by atoms with E-state index >= 15 is 0 Å². The number of rotatable bonds is 1. The van der Waals surface area contributed by atoms with Crippen LogP contribution in [0.15, 0.2) is 0 Å². The Hall–Kier alpha value is -0.0800. The molecule has 0 aromatic carbocycles. The minimum absolute atomic E-state index is 0.372. The van der Waals surface area contributed by atoms with Gasteiger partial charge in [0.25, 0.3) is 0 Å². The lowest BCUT2D eigenvalue weighted by Crippen LogP contribution is -2.32. The second kappa shape index (κ2) is 3.18. The van der Waals surface area contributed by atoms with Gasteiger partial charge in [-0.3, -0.25) is 9.69 Å². The molecule has 0 aromatic rings. The van der Waals surface area contributed by atoms with Crippen LogP contribution in [-0.2, 0) is 4.79 Å². The van der Waals surface area contributed by atoms with Crippen molar-refractivity contribution in [3.63, 3.8) is 0 Å². The van der Waals surface area contributed by atoms with Gasteiger partial charge in [-0.1, -0.05) is 0 Å². The molecule has 1 aliphatic heterocycles. The highest BCUT2D eigenvalue weighted by Crippen LogP contribution is 2.05.